The molecule has 0 heterocycles. The van der Waals surface area contributed by atoms with E-state index < -0.39 is 0 Å². The first-order chi connectivity index (χ1) is 5.79. The average molecular weight is 160 g/mol. The number of rotatable bonds is 1. The van der Waals surface area contributed by atoms with E-state index in [-0.39, 0.29) is 0 Å². The fourth-order valence-electron chi connectivity index (χ4n) is 1.10. The third-order valence-electron chi connectivity index (χ3n) is 1.75. The number of hydrogen-bond donors (Lipinski definition) is 0. The Balaban J connectivity index is 3.18. The summed E-state index contributed by atoms with van der Waals surface area (Å²) in [6, 6.07) is 7.99. The molecule has 0 N–H and O–H groups in total. The molecule has 2 nitrogen and oxygen atoms in total. The minimum Gasteiger partial charge on any atom is -0.270 e. The third kappa shape index (κ3) is 1.59. The van der Waals surface area contributed by atoms with E-state index in [4.69, 9.17) is 0 Å². The molecule has 0 fully saturated rings. The van der Waals surface area contributed by atoms with Crippen molar-refractivity contribution in [3.05, 3.63) is 35.4 Å². The molecule has 2 heteroatoms. The summed E-state index contributed by atoms with van der Waals surface area (Å²) in [6.07, 6.45) is 0. The maximum absolute atomic E-state index is 4.03. The van der Waals surface area contributed by atoms with Crippen molar-refractivity contribution in [2.75, 3.05) is 7.05 Å². The van der Waals surface area contributed by atoms with Crippen LogP contribution < -0.4 is 0 Å². The van der Waals surface area contributed by atoms with Crippen molar-refractivity contribution >= 4 is 12.6 Å². The number of aryl methyl sites for hydroxylation is 1. The molecule has 62 valence electrons. The number of aliphatic imine (C=N–C) groups is 2. The SMILES string of the molecule is C=N/C(=N\C)c1ccccc1C. The van der Waals surface area contributed by atoms with Crippen molar-refractivity contribution in [3.8, 4) is 0 Å². The van der Waals surface area contributed by atoms with Crippen LogP contribution in [-0.2, 0) is 0 Å². The third-order valence-corrected chi connectivity index (χ3v) is 1.75. The van der Waals surface area contributed by atoms with Gasteiger partial charge in [0.05, 0.1) is 0 Å². The Morgan fingerprint density at radius 1 is 1.33 bits per heavy atom. The van der Waals surface area contributed by atoms with Crippen LogP contribution in [0.15, 0.2) is 34.3 Å². The van der Waals surface area contributed by atoms with Crippen molar-refractivity contribution in [2.24, 2.45) is 9.98 Å². The molecule has 1 rings (SSSR count). The lowest BCUT2D eigenvalue weighted by atomic mass is 10.1. The minimum absolute atomic E-state index is 0.702. The fourth-order valence-corrected chi connectivity index (χ4v) is 1.10. The van der Waals surface area contributed by atoms with E-state index in [0.29, 0.717) is 5.84 Å². The van der Waals surface area contributed by atoms with Crippen molar-refractivity contribution < 1.29 is 0 Å². The summed E-state index contributed by atoms with van der Waals surface area (Å²) in [5, 5.41) is 0. The summed E-state index contributed by atoms with van der Waals surface area (Å²) in [5.74, 6) is 0.702. The Kier molecular flexibility index (Phi) is 2.75. The highest BCUT2D eigenvalue weighted by Crippen LogP contribution is 2.08. The molecule has 0 bridgehead atoms. The molecular formula is C10H12N2. The Bertz CT molecular complexity index is 313. The maximum atomic E-state index is 4.03. The quantitative estimate of drug-likeness (QED) is 0.444. The number of benzene rings is 1. The number of hydrogen-bond acceptors (Lipinski definition) is 1. The second kappa shape index (κ2) is 3.81. The largest absolute Gasteiger partial charge is 0.270 e. The van der Waals surface area contributed by atoms with Gasteiger partial charge in [-0.25, -0.2) is 4.99 Å². The van der Waals surface area contributed by atoms with Crippen LogP contribution in [0.2, 0.25) is 0 Å². The molecule has 0 unspecified atom stereocenters. The van der Waals surface area contributed by atoms with E-state index in [1.165, 1.54) is 5.56 Å². The van der Waals surface area contributed by atoms with Crippen LogP contribution in [0.4, 0.5) is 0 Å². The van der Waals surface area contributed by atoms with Crippen LogP contribution in [0.3, 0.4) is 0 Å². The molecule has 0 radical (unpaired) electrons. The van der Waals surface area contributed by atoms with Crippen LogP contribution in [0, 0.1) is 6.92 Å². The summed E-state index contributed by atoms with van der Waals surface area (Å²) in [5.41, 5.74) is 2.22. The molecule has 0 atom stereocenters. The second-order valence-corrected chi connectivity index (χ2v) is 2.52. The maximum Gasteiger partial charge on any atom is 0.153 e. The Morgan fingerprint density at radius 3 is 2.50 bits per heavy atom. The van der Waals surface area contributed by atoms with Gasteiger partial charge in [-0.05, 0) is 19.2 Å². The van der Waals surface area contributed by atoms with Gasteiger partial charge in [-0.3, -0.25) is 4.99 Å². The summed E-state index contributed by atoms with van der Waals surface area (Å²) < 4.78 is 0. The zero-order chi connectivity index (χ0) is 8.97. The van der Waals surface area contributed by atoms with Gasteiger partial charge in [0.1, 0.15) is 0 Å². The molecule has 12 heavy (non-hydrogen) atoms. The van der Waals surface area contributed by atoms with Gasteiger partial charge in [-0.1, -0.05) is 24.3 Å². The van der Waals surface area contributed by atoms with Gasteiger partial charge in [0.2, 0.25) is 0 Å². The second-order valence-electron chi connectivity index (χ2n) is 2.52. The summed E-state index contributed by atoms with van der Waals surface area (Å²) in [6.45, 7) is 5.50. The topological polar surface area (TPSA) is 24.7 Å². The molecule has 0 amide bonds. The van der Waals surface area contributed by atoms with Crippen molar-refractivity contribution in [1.29, 1.82) is 0 Å². The fraction of sp³-hybridized carbons (Fsp3) is 0.200. The van der Waals surface area contributed by atoms with Gasteiger partial charge in [0.15, 0.2) is 5.84 Å². The molecule has 0 spiro atoms. The van der Waals surface area contributed by atoms with Gasteiger partial charge in [0.25, 0.3) is 0 Å². The normalized spacial score (nSPS) is 11.3. The van der Waals surface area contributed by atoms with Crippen LogP contribution in [-0.4, -0.2) is 19.6 Å². The van der Waals surface area contributed by atoms with E-state index in [1.54, 1.807) is 7.05 Å². The van der Waals surface area contributed by atoms with Gasteiger partial charge in [-0.15, -0.1) is 0 Å². The highest BCUT2D eigenvalue weighted by molar-refractivity contribution is 6.02. The van der Waals surface area contributed by atoms with Crippen molar-refractivity contribution in [3.63, 3.8) is 0 Å². The number of nitrogens with zero attached hydrogens (tertiary/aromatic N) is 2. The lowest BCUT2D eigenvalue weighted by Crippen LogP contribution is -1.98. The first kappa shape index (κ1) is 8.65. The van der Waals surface area contributed by atoms with Gasteiger partial charge >= 0.3 is 0 Å². The highest BCUT2D eigenvalue weighted by atomic mass is 14.9. The predicted octanol–water partition coefficient (Wildman–Crippen LogP) is 2.07. The molecule has 0 aromatic heterocycles. The molecule has 0 aliphatic rings. The van der Waals surface area contributed by atoms with E-state index >= 15 is 0 Å². The zero-order valence-electron chi connectivity index (χ0n) is 7.41. The summed E-state index contributed by atoms with van der Waals surface area (Å²) >= 11 is 0. The monoisotopic (exact) mass is 160 g/mol. The molecule has 0 aliphatic heterocycles. The average Bonchev–Trinajstić information content (AvgIpc) is 2.10. The molecule has 0 aliphatic carbocycles. The van der Waals surface area contributed by atoms with Gasteiger partial charge in [-0.2, -0.15) is 0 Å². The smallest absolute Gasteiger partial charge is 0.153 e. The molecule has 0 saturated heterocycles. The summed E-state index contributed by atoms with van der Waals surface area (Å²) in [7, 11) is 1.72. The van der Waals surface area contributed by atoms with E-state index in [0.717, 1.165) is 5.56 Å². The minimum atomic E-state index is 0.702. The van der Waals surface area contributed by atoms with Crippen LogP contribution in [0.1, 0.15) is 11.1 Å². The predicted molar refractivity (Wildman–Crippen MR) is 53.2 cm³/mol. The Labute approximate surface area is 72.7 Å². The first-order valence-electron chi connectivity index (χ1n) is 3.79. The standard InChI is InChI=1S/C10H12N2/c1-8-6-4-5-7-9(8)10(11-2)12-3/h4-7H,2H2,1,3H3/b12-10-. The number of amidine groups is 1. The lowest BCUT2D eigenvalue weighted by molar-refractivity contribution is 1.36. The first-order valence-corrected chi connectivity index (χ1v) is 3.79. The molecule has 0 saturated carbocycles. The molecule has 1 aromatic carbocycles. The van der Waals surface area contributed by atoms with Crippen LogP contribution in [0.5, 0.6) is 0 Å². The van der Waals surface area contributed by atoms with Gasteiger partial charge in [0, 0.05) is 12.6 Å². The van der Waals surface area contributed by atoms with E-state index in [9.17, 15) is 0 Å². The van der Waals surface area contributed by atoms with E-state index in [1.807, 2.05) is 31.2 Å². The highest BCUT2D eigenvalue weighted by Gasteiger charge is 2.01. The lowest BCUT2D eigenvalue weighted by Gasteiger charge is -2.02. The molecular weight excluding hydrogens is 148 g/mol. The Hall–Kier alpha value is -1.44. The van der Waals surface area contributed by atoms with Crippen molar-refractivity contribution in [2.45, 2.75) is 6.92 Å². The molecule has 1 aromatic rings. The van der Waals surface area contributed by atoms with Crippen LogP contribution in [0.25, 0.3) is 0 Å². The zero-order valence-corrected chi connectivity index (χ0v) is 7.41. The van der Waals surface area contributed by atoms with E-state index in [2.05, 4.69) is 16.7 Å². The van der Waals surface area contributed by atoms with Crippen LogP contribution >= 0.6 is 0 Å². The summed E-state index contributed by atoms with van der Waals surface area (Å²) in [4.78, 5) is 7.86. The van der Waals surface area contributed by atoms with Gasteiger partial charge < -0.3 is 0 Å². The van der Waals surface area contributed by atoms with Crippen molar-refractivity contribution in [1.82, 2.24) is 0 Å². The Morgan fingerprint density at radius 2 is 2.00 bits per heavy atom.